The molecule has 26 heteroatoms. The van der Waals surface area contributed by atoms with E-state index in [1.165, 1.54) is 18.2 Å². The number of aromatic nitrogens is 3. The maximum Gasteiger partial charge on any atom is 0.416 e. The van der Waals surface area contributed by atoms with E-state index in [0.717, 1.165) is 48.0 Å². The molecule has 0 aliphatic rings. The smallest absolute Gasteiger partial charge is 0.416 e. The minimum atomic E-state index is -4.52. The molecular formula is C41H55Cl3F3N8O11P. The van der Waals surface area contributed by atoms with Crippen LogP contribution in [0.15, 0.2) is 54.6 Å². The first-order valence-electron chi connectivity index (χ1n) is 20.1. The van der Waals surface area contributed by atoms with Crippen LogP contribution in [0.2, 0.25) is 10.3 Å². The molecule has 0 saturated carbocycles. The highest BCUT2D eigenvalue weighted by Crippen LogP contribution is 2.39. The van der Waals surface area contributed by atoms with E-state index in [4.69, 9.17) is 63.9 Å². The zero-order valence-electron chi connectivity index (χ0n) is 37.9. The number of carbonyl (C=O) groups is 2. The Kier molecular flexibility index (Phi) is 26.5. The number of nitro groups is 1. The van der Waals surface area contributed by atoms with E-state index in [0.29, 0.717) is 18.5 Å². The van der Waals surface area contributed by atoms with Gasteiger partial charge < -0.3 is 44.6 Å². The number of para-hydroxylation sites is 1. The average molecular weight is 1030 g/mol. The average Bonchev–Trinajstić information content (AvgIpc) is 3.22. The number of ether oxygens (including phenoxy) is 3. The zero-order chi connectivity index (χ0) is 51.1. The van der Waals surface area contributed by atoms with Crippen molar-refractivity contribution in [1.29, 1.82) is 0 Å². The fourth-order valence-electron chi connectivity index (χ4n) is 5.41. The summed E-state index contributed by atoms with van der Waals surface area (Å²) in [4.78, 5) is 62.4. The van der Waals surface area contributed by atoms with E-state index in [1.54, 1.807) is 18.9 Å². The maximum atomic E-state index is 12.6. The Morgan fingerprint density at radius 1 is 0.985 bits per heavy atom. The highest BCUT2D eigenvalue weighted by Gasteiger charge is 2.31. The molecule has 4 rings (SSSR count). The van der Waals surface area contributed by atoms with Crippen molar-refractivity contribution in [1.82, 2.24) is 20.3 Å². The van der Waals surface area contributed by atoms with Crippen molar-refractivity contribution in [3.8, 4) is 17.2 Å². The lowest BCUT2D eigenvalue weighted by Gasteiger charge is -2.31. The van der Waals surface area contributed by atoms with Gasteiger partial charge in [0.1, 0.15) is 17.4 Å². The molecule has 3 aromatic carbocycles. The number of alkyl halides is 4. The van der Waals surface area contributed by atoms with E-state index in [-0.39, 0.29) is 63.7 Å². The number of carboxylic acids is 1. The molecule has 1 unspecified atom stereocenters. The molecule has 6 N–H and O–H groups in total. The van der Waals surface area contributed by atoms with Gasteiger partial charge in [0.25, 0.3) is 0 Å². The number of amides is 1. The van der Waals surface area contributed by atoms with Gasteiger partial charge in [0.2, 0.25) is 28.8 Å². The summed E-state index contributed by atoms with van der Waals surface area (Å²) in [5.41, 5.74) is 2.06. The molecule has 1 amide bonds. The predicted molar refractivity (Wildman–Crippen MR) is 251 cm³/mol. The normalized spacial score (nSPS) is 11.4. The summed E-state index contributed by atoms with van der Waals surface area (Å²) in [7, 11) is -2.46. The van der Waals surface area contributed by atoms with Crippen LogP contribution in [-0.4, -0.2) is 104 Å². The van der Waals surface area contributed by atoms with Crippen LogP contribution in [0.3, 0.4) is 0 Å². The van der Waals surface area contributed by atoms with E-state index in [9.17, 15) is 37.4 Å². The molecule has 1 heterocycles. The van der Waals surface area contributed by atoms with Gasteiger partial charge in [-0.2, -0.15) is 28.1 Å². The summed E-state index contributed by atoms with van der Waals surface area (Å²) in [6, 6.07) is 12.7. The van der Waals surface area contributed by atoms with Gasteiger partial charge in [0.05, 0.1) is 53.3 Å². The SMILES string of the molecule is CCNc1nc(Cl)nc(NC(C)C)n1.CCOc1cc(Oc2ccc(C(F)(F)F)cc2Cl)ccc1[N+](=O)[O-].CCc1cccc(C)c1N(C(=O)CCl)C(C)COC.O=C(O)CNCP(=O)(O)O. The number of rotatable bonds is 19. The van der Waals surface area contributed by atoms with Crippen molar-refractivity contribution in [3.05, 3.63) is 91.7 Å². The quantitative estimate of drug-likeness (QED) is 0.0221. The lowest BCUT2D eigenvalue weighted by atomic mass is 10.0. The molecule has 0 fully saturated rings. The Balaban J connectivity index is 0.000000469. The second-order valence-corrected chi connectivity index (χ2v) is 16.6. The molecule has 0 saturated heterocycles. The van der Waals surface area contributed by atoms with Gasteiger partial charge in [0.15, 0.2) is 0 Å². The Morgan fingerprint density at radius 3 is 2.15 bits per heavy atom. The molecule has 0 bridgehead atoms. The van der Waals surface area contributed by atoms with Crippen LogP contribution in [0, 0.1) is 17.0 Å². The van der Waals surface area contributed by atoms with Crippen LogP contribution in [0.1, 0.15) is 58.2 Å². The third-order valence-corrected chi connectivity index (χ3v) is 9.37. The summed E-state index contributed by atoms with van der Waals surface area (Å²) in [5, 5.41) is 27.0. The molecule has 1 atom stereocenters. The molecule has 67 heavy (non-hydrogen) atoms. The van der Waals surface area contributed by atoms with Gasteiger partial charge in [-0.1, -0.05) is 36.7 Å². The minimum Gasteiger partial charge on any atom is -0.487 e. The third kappa shape index (κ3) is 22.5. The van der Waals surface area contributed by atoms with E-state index in [1.807, 2.05) is 46.8 Å². The van der Waals surface area contributed by atoms with Gasteiger partial charge >= 0.3 is 25.4 Å². The summed E-state index contributed by atoms with van der Waals surface area (Å²) in [6.45, 7) is 14.7. The van der Waals surface area contributed by atoms with Crippen molar-refractivity contribution in [2.45, 2.75) is 73.1 Å². The van der Waals surface area contributed by atoms with Crippen molar-refractivity contribution in [2.75, 3.05) is 61.1 Å². The number of carboxylic acid groups (broad SMARTS) is 1. The number of aryl methyl sites for hydroxylation is 2. The number of hydrogen-bond acceptors (Lipinski definition) is 14. The number of halogens is 6. The second-order valence-electron chi connectivity index (χ2n) is 13.9. The second kappa shape index (κ2) is 29.6. The number of benzene rings is 3. The predicted octanol–water partition coefficient (Wildman–Crippen LogP) is 9.20. The highest BCUT2D eigenvalue weighted by atomic mass is 35.5. The van der Waals surface area contributed by atoms with Gasteiger partial charge in [-0.05, 0) is 95.0 Å². The van der Waals surface area contributed by atoms with Gasteiger partial charge in [-0.3, -0.25) is 29.6 Å². The van der Waals surface area contributed by atoms with Gasteiger partial charge in [-0.15, -0.1) is 11.6 Å². The van der Waals surface area contributed by atoms with Gasteiger partial charge in [0, 0.05) is 31.8 Å². The third-order valence-electron chi connectivity index (χ3n) is 8.04. The molecular weight excluding hydrogens is 975 g/mol. The lowest BCUT2D eigenvalue weighted by Crippen LogP contribution is -2.43. The molecule has 0 aliphatic heterocycles. The molecule has 372 valence electrons. The summed E-state index contributed by atoms with van der Waals surface area (Å²) < 4.78 is 63.6. The number of methoxy groups -OCH3 is 1. The first-order valence-corrected chi connectivity index (χ1v) is 23.2. The highest BCUT2D eigenvalue weighted by molar-refractivity contribution is 7.51. The number of aliphatic carboxylic acids is 1. The van der Waals surface area contributed by atoms with Crippen LogP contribution in [0.4, 0.5) is 36.4 Å². The van der Waals surface area contributed by atoms with Crippen molar-refractivity contribution in [2.24, 2.45) is 0 Å². The van der Waals surface area contributed by atoms with E-state index in [2.05, 4.69) is 43.9 Å². The standard InChI is InChI=1S/C15H11ClF3NO4.C15H22ClNO2.C8H14ClN5.C3H8NO5P/c1-2-23-14-8-10(4-5-12(14)20(21)22)24-13-6-3-9(7-11(13)16)15(17,18)19;1-5-13-8-6-7-11(2)15(13)17(14(18)9-16)12(3)10-19-4;1-4-10-7-12-6(9)13-8(14-7)11-5(2)3;5-3(6)1-4-2-10(7,8)9/h3-8H,2H2,1H3;6-8,12H,5,9-10H2,1-4H3;5H,4H2,1-3H3,(H2,10,11,12,13,14);4H,1-2H2,(H,5,6)(H2,7,8,9). The molecule has 19 nitrogen and oxygen atoms in total. The summed E-state index contributed by atoms with van der Waals surface area (Å²) >= 11 is 17.3. The molecule has 0 radical (unpaired) electrons. The molecule has 4 aromatic rings. The minimum absolute atomic E-state index is 0.0111. The Labute approximate surface area is 401 Å². The van der Waals surface area contributed by atoms with Crippen LogP contribution < -0.4 is 30.3 Å². The van der Waals surface area contributed by atoms with Crippen molar-refractivity contribution in [3.63, 3.8) is 0 Å². The van der Waals surface area contributed by atoms with E-state index < -0.39 is 43.1 Å². The Morgan fingerprint density at radius 2 is 1.64 bits per heavy atom. The van der Waals surface area contributed by atoms with Crippen molar-refractivity contribution >= 4 is 77.5 Å². The monoisotopic (exact) mass is 1030 g/mol. The van der Waals surface area contributed by atoms with Gasteiger partial charge in [-0.25, -0.2) is 0 Å². The number of nitrogens with zero attached hydrogens (tertiary/aromatic N) is 5. The fourth-order valence-corrected chi connectivity index (χ4v) is 6.32. The molecule has 0 aliphatic carbocycles. The van der Waals surface area contributed by atoms with Crippen LogP contribution in [-0.2, 0) is 31.5 Å². The maximum absolute atomic E-state index is 12.6. The fraction of sp³-hybridized carbons (Fsp3) is 0.439. The largest absolute Gasteiger partial charge is 0.487 e. The Bertz CT molecular complexity index is 2260. The zero-order valence-corrected chi connectivity index (χ0v) is 41.0. The topological polar surface area (TPSA) is 261 Å². The van der Waals surface area contributed by atoms with Crippen molar-refractivity contribution < 1.29 is 61.4 Å². The van der Waals surface area contributed by atoms with Crippen LogP contribution >= 0.6 is 42.4 Å². The number of anilines is 3. The summed E-state index contributed by atoms with van der Waals surface area (Å²) in [5.74, 6) is -0.143. The summed E-state index contributed by atoms with van der Waals surface area (Å²) in [6.07, 6.45) is -4.24. The lowest BCUT2D eigenvalue weighted by molar-refractivity contribution is -0.385. The first-order chi connectivity index (χ1) is 31.3. The number of hydrogen-bond donors (Lipinski definition) is 6. The number of nitro benzene ring substituents is 1. The van der Waals surface area contributed by atoms with E-state index >= 15 is 0 Å². The number of nitrogens with one attached hydrogen (secondary N) is 3. The molecule has 1 aromatic heterocycles. The van der Waals surface area contributed by atoms with Crippen LogP contribution in [0.5, 0.6) is 17.2 Å². The molecule has 0 spiro atoms. The van der Waals surface area contributed by atoms with Crippen LogP contribution in [0.25, 0.3) is 0 Å². The number of carbonyl (C=O) groups excluding carboxylic acids is 1. The Hall–Kier alpha value is -5.06. The first kappa shape index (κ1) is 60.0.